The van der Waals surface area contributed by atoms with Crippen LogP contribution in [-0.2, 0) is 15.1 Å². The van der Waals surface area contributed by atoms with E-state index in [0.717, 1.165) is 12.8 Å². The predicted molar refractivity (Wildman–Crippen MR) is 145 cm³/mol. The maximum absolute atomic E-state index is 14.5. The molecule has 5 nitrogen and oxygen atoms in total. The second kappa shape index (κ2) is 10.3. The molecule has 0 amide bonds. The highest BCUT2D eigenvalue weighted by molar-refractivity contribution is 9.10. The summed E-state index contributed by atoms with van der Waals surface area (Å²) >= 11 is 17.1. The summed E-state index contributed by atoms with van der Waals surface area (Å²) in [6.07, 6.45) is 3.47. The largest absolute Gasteiger partial charge is 0.398 e. The van der Waals surface area contributed by atoms with Crippen LogP contribution in [-0.4, -0.2) is 28.6 Å². The van der Waals surface area contributed by atoms with Crippen LogP contribution in [0.25, 0.3) is 15.9 Å². The number of ether oxygens (including phenoxy) is 1. The molecule has 0 unspecified atom stereocenters. The topological polar surface area (TPSA) is 85.4 Å². The first-order valence-electron chi connectivity index (χ1n) is 11.7. The number of nitrogens with two attached hydrogens (primary N) is 1. The van der Waals surface area contributed by atoms with E-state index in [-0.39, 0.29) is 35.9 Å². The first-order chi connectivity index (χ1) is 17.2. The van der Waals surface area contributed by atoms with Crippen molar-refractivity contribution in [2.45, 2.75) is 50.2 Å². The number of carbonyl (C=O) groups is 1. The van der Waals surface area contributed by atoms with Gasteiger partial charge in [-0.25, -0.2) is 9.37 Å². The molecular formula is C26H24BrCl2FN2O3S. The Labute approximate surface area is 230 Å². The fourth-order valence-corrected chi connectivity index (χ4v) is 6.78. The number of benzene rings is 2. The number of fused-ring (bicyclic) bond motifs is 1. The molecule has 2 aliphatic rings. The molecule has 36 heavy (non-hydrogen) atoms. The number of Topliss-reactive ketones (excluding diaryl/α,β-unsaturated/α-hetero) is 1. The average molecular weight is 614 g/mol. The Hall–Kier alpha value is -1.55. The molecule has 190 valence electrons. The highest BCUT2D eigenvalue weighted by atomic mass is 79.9. The van der Waals surface area contributed by atoms with Crippen LogP contribution in [0.4, 0.5) is 4.39 Å². The number of ketones is 1. The van der Waals surface area contributed by atoms with Crippen LogP contribution in [0.3, 0.4) is 0 Å². The lowest BCUT2D eigenvalue weighted by molar-refractivity contribution is -0.117. The van der Waals surface area contributed by atoms with Gasteiger partial charge < -0.3 is 15.6 Å². The Bertz CT molecular complexity index is 1350. The van der Waals surface area contributed by atoms with Crippen LogP contribution in [0.15, 0.2) is 40.4 Å². The number of aliphatic hydroxyl groups is 1. The zero-order valence-electron chi connectivity index (χ0n) is 19.2. The molecule has 2 aliphatic carbocycles. The van der Waals surface area contributed by atoms with Gasteiger partial charge in [-0.15, -0.1) is 11.3 Å². The van der Waals surface area contributed by atoms with Gasteiger partial charge in [0.2, 0.25) is 0 Å². The Balaban J connectivity index is 1.30. The van der Waals surface area contributed by atoms with Crippen molar-refractivity contribution in [2.75, 3.05) is 6.61 Å². The zero-order valence-corrected chi connectivity index (χ0v) is 23.1. The molecule has 0 aliphatic heterocycles. The molecule has 0 radical (unpaired) electrons. The van der Waals surface area contributed by atoms with Gasteiger partial charge in [0.25, 0.3) is 0 Å². The van der Waals surface area contributed by atoms with Crippen molar-refractivity contribution in [3.63, 3.8) is 0 Å². The van der Waals surface area contributed by atoms with Gasteiger partial charge in [-0.05, 0) is 78.7 Å². The standard InChI is InChI=1S/C26H24BrCl2FN2O3S/c27-16-6-7-19-24(21(16)30)36-25(32-19)26(34)10-8-14(9-11-26)35-12-15(23(33)13-4-5-13)22(31)20-17(28)2-1-3-18(20)29/h1-3,6-7,13-14,34H,4-5,8-12,31H2. The van der Waals surface area contributed by atoms with Crippen LogP contribution in [0, 0.1) is 11.7 Å². The number of rotatable bonds is 7. The van der Waals surface area contributed by atoms with Gasteiger partial charge in [-0.3, -0.25) is 4.79 Å². The molecule has 3 aromatic rings. The Morgan fingerprint density at radius 1 is 1.19 bits per heavy atom. The van der Waals surface area contributed by atoms with Gasteiger partial charge in [-0.1, -0.05) is 29.3 Å². The second-order valence-electron chi connectivity index (χ2n) is 9.40. The first-order valence-corrected chi connectivity index (χ1v) is 14.1. The van der Waals surface area contributed by atoms with Gasteiger partial charge in [0, 0.05) is 17.1 Å². The lowest BCUT2D eigenvalue weighted by Gasteiger charge is -2.34. The maximum atomic E-state index is 14.5. The number of hydrogen-bond donors (Lipinski definition) is 2. The summed E-state index contributed by atoms with van der Waals surface area (Å²) in [5, 5.41) is 12.6. The molecule has 1 heterocycles. The molecule has 0 spiro atoms. The minimum atomic E-state index is -1.14. The SMILES string of the molecule is NC(=C(COC1CCC(O)(c2nc3ccc(Br)c(F)c3s2)CC1)C(=O)C1CC1)c1c(Cl)cccc1Cl. The van der Waals surface area contributed by atoms with Crippen molar-refractivity contribution in [1.82, 2.24) is 4.98 Å². The quantitative estimate of drug-likeness (QED) is 0.280. The normalized spacial score (nSPS) is 23.1. The van der Waals surface area contributed by atoms with Crippen molar-refractivity contribution in [3.05, 3.63) is 66.8 Å². The number of nitrogens with zero attached hydrogens (tertiary/aromatic N) is 1. The molecule has 3 N–H and O–H groups in total. The Morgan fingerprint density at radius 2 is 1.86 bits per heavy atom. The minimum Gasteiger partial charge on any atom is -0.398 e. The summed E-state index contributed by atoms with van der Waals surface area (Å²) in [5.41, 5.74) is 6.90. The zero-order chi connectivity index (χ0) is 25.6. The summed E-state index contributed by atoms with van der Waals surface area (Å²) in [4.78, 5) is 17.6. The Morgan fingerprint density at radius 3 is 2.50 bits per heavy atom. The van der Waals surface area contributed by atoms with E-state index >= 15 is 0 Å². The van der Waals surface area contributed by atoms with Gasteiger partial charge in [0.1, 0.15) is 10.6 Å². The van der Waals surface area contributed by atoms with Crippen LogP contribution >= 0.6 is 50.5 Å². The molecule has 0 bridgehead atoms. The van der Waals surface area contributed by atoms with Crippen LogP contribution in [0.2, 0.25) is 10.0 Å². The molecule has 2 aromatic carbocycles. The van der Waals surface area contributed by atoms with Crippen molar-refractivity contribution < 1.29 is 19.0 Å². The molecule has 5 rings (SSSR count). The van der Waals surface area contributed by atoms with Gasteiger partial charge >= 0.3 is 0 Å². The number of aromatic nitrogens is 1. The molecule has 1 aromatic heterocycles. The maximum Gasteiger partial charge on any atom is 0.166 e. The summed E-state index contributed by atoms with van der Waals surface area (Å²) in [6, 6.07) is 8.45. The molecular weight excluding hydrogens is 590 g/mol. The molecule has 2 fully saturated rings. The van der Waals surface area contributed by atoms with E-state index in [1.807, 2.05) is 0 Å². The van der Waals surface area contributed by atoms with E-state index in [9.17, 15) is 14.3 Å². The molecule has 0 atom stereocenters. The van der Waals surface area contributed by atoms with Gasteiger partial charge in [0.05, 0.1) is 43.1 Å². The van der Waals surface area contributed by atoms with E-state index in [0.29, 0.717) is 66.6 Å². The lowest BCUT2D eigenvalue weighted by Crippen LogP contribution is -2.35. The fraction of sp³-hybridized carbons (Fsp3) is 0.385. The van der Waals surface area contributed by atoms with Gasteiger partial charge in [0.15, 0.2) is 11.6 Å². The third-order valence-electron chi connectivity index (χ3n) is 6.87. The first kappa shape index (κ1) is 26.1. The smallest absolute Gasteiger partial charge is 0.166 e. The van der Waals surface area contributed by atoms with Crippen molar-refractivity contribution >= 4 is 72.2 Å². The fourth-order valence-electron chi connectivity index (χ4n) is 4.57. The van der Waals surface area contributed by atoms with Crippen LogP contribution in [0.1, 0.15) is 49.1 Å². The molecule has 0 saturated heterocycles. The third kappa shape index (κ3) is 5.08. The van der Waals surface area contributed by atoms with Crippen LogP contribution < -0.4 is 5.73 Å². The van der Waals surface area contributed by atoms with E-state index in [2.05, 4.69) is 20.9 Å². The highest BCUT2D eigenvalue weighted by Gasteiger charge is 2.39. The predicted octanol–water partition coefficient (Wildman–Crippen LogP) is 7.00. The summed E-state index contributed by atoms with van der Waals surface area (Å²) < 4.78 is 21.4. The van der Waals surface area contributed by atoms with E-state index in [1.54, 1.807) is 30.3 Å². The van der Waals surface area contributed by atoms with Crippen molar-refractivity contribution in [1.29, 1.82) is 0 Å². The third-order valence-corrected chi connectivity index (χ3v) is 9.37. The summed E-state index contributed by atoms with van der Waals surface area (Å²) in [6.45, 7) is 0.0478. The number of hydrogen-bond acceptors (Lipinski definition) is 6. The monoisotopic (exact) mass is 612 g/mol. The number of carbonyl (C=O) groups excluding carboxylic acids is 1. The van der Waals surface area contributed by atoms with Crippen molar-refractivity contribution in [2.24, 2.45) is 11.7 Å². The second-order valence-corrected chi connectivity index (χ2v) is 12.1. The summed E-state index contributed by atoms with van der Waals surface area (Å²) in [7, 11) is 0. The van der Waals surface area contributed by atoms with E-state index in [1.165, 1.54) is 11.3 Å². The van der Waals surface area contributed by atoms with Crippen LogP contribution in [0.5, 0.6) is 0 Å². The van der Waals surface area contributed by atoms with Crippen molar-refractivity contribution in [3.8, 4) is 0 Å². The summed E-state index contributed by atoms with van der Waals surface area (Å²) in [5.74, 6) is -0.439. The molecule has 10 heteroatoms. The van der Waals surface area contributed by atoms with E-state index < -0.39 is 5.60 Å². The van der Waals surface area contributed by atoms with E-state index in [4.69, 9.17) is 33.7 Å². The number of thiazole rings is 1. The molecule has 2 saturated carbocycles. The highest BCUT2D eigenvalue weighted by Crippen LogP contribution is 2.43. The minimum absolute atomic E-state index is 0.0292. The van der Waals surface area contributed by atoms with Gasteiger partial charge in [-0.2, -0.15) is 0 Å². The Kier molecular flexibility index (Phi) is 7.47. The lowest BCUT2D eigenvalue weighted by atomic mass is 9.83. The number of halogens is 4. The average Bonchev–Trinajstić information content (AvgIpc) is 3.61.